The molecule has 0 atom stereocenters. The van der Waals surface area contributed by atoms with E-state index in [-0.39, 0.29) is 15.9 Å². The molecule has 2 aromatic rings. The van der Waals surface area contributed by atoms with Gasteiger partial charge in [0, 0.05) is 11.3 Å². The Kier molecular flexibility index (Phi) is 4.40. The number of benzene rings is 1. The SMILES string of the molecule is Cc1cc(C(N)=O)ccc1NC(=O)c1cc(Cl)nnc1Cl. The lowest BCUT2D eigenvalue weighted by atomic mass is 10.1. The van der Waals surface area contributed by atoms with Gasteiger partial charge in [0.15, 0.2) is 10.3 Å². The van der Waals surface area contributed by atoms with Crippen LogP contribution in [-0.4, -0.2) is 22.0 Å². The molecule has 0 bridgehead atoms. The summed E-state index contributed by atoms with van der Waals surface area (Å²) in [4.78, 5) is 23.2. The van der Waals surface area contributed by atoms with Gasteiger partial charge in [0.25, 0.3) is 5.91 Å². The van der Waals surface area contributed by atoms with Gasteiger partial charge in [-0.3, -0.25) is 9.59 Å². The third-order valence-corrected chi connectivity index (χ3v) is 3.19. The quantitative estimate of drug-likeness (QED) is 0.905. The summed E-state index contributed by atoms with van der Waals surface area (Å²) in [5.74, 6) is -1.02. The molecule has 1 heterocycles. The van der Waals surface area contributed by atoms with E-state index in [0.717, 1.165) is 0 Å². The Bertz CT molecular complexity index is 734. The predicted molar refractivity (Wildman–Crippen MR) is 79.7 cm³/mol. The molecular weight excluding hydrogens is 315 g/mol. The van der Waals surface area contributed by atoms with E-state index in [1.54, 1.807) is 19.1 Å². The summed E-state index contributed by atoms with van der Waals surface area (Å²) >= 11 is 11.5. The molecule has 0 unspecified atom stereocenters. The van der Waals surface area contributed by atoms with Gasteiger partial charge in [-0.25, -0.2) is 0 Å². The standard InChI is InChI=1S/C13H10Cl2N4O2/c1-6-4-7(12(16)20)2-3-9(6)17-13(21)8-5-10(14)18-19-11(8)15/h2-5H,1H3,(H2,16,20)(H,17,21). The fraction of sp³-hybridized carbons (Fsp3) is 0.0769. The molecule has 1 aromatic carbocycles. The van der Waals surface area contributed by atoms with E-state index < -0.39 is 11.8 Å². The molecule has 0 aliphatic heterocycles. The summed E-state index contributed by atoms with van der Waals surface area (Å²) in [5.41, 5.74) is 6.86. The zero-order valence-corrected chi connectivity index (χ0v) is 12.4. The Labute approximate surface area is 130 Å². The van der Waals surface area contributed by atoms with Gasteiger partial charge in [0.1, 0.15) is 0 Å². The molecule has 0 spiro atoms. The summed E-state index contributed by atoms with van der Waals surface area (Å²) in [6.07, 6.45) is 0. The van der Waals surface area contributed by atoms with Crippen molar-refractivity contribution in [3.8, 4) is 0 Å². The predicted octanol–water partition coefficient (Wildman–Crippen LogP) is 2.44. The van der Waals surface area contributed by atoms with Crippen molar-refractivity contribution in [3.05, 3.63) is 51.3 Å². The molecule has 2 amide bonds. The molecule has 2 rings (SSSR count). The average molecular weight is 325 g/mol. The first-order chi connectivity index (χ1) is 9.88. The second kappa shape index (κ2) is 6.07. The first kappa shape index (κ1) is 15.2. The van der Waals surface area contributed by atoms with Crippen LogP contribution in [0.4, 0.5) is 5.69 Å². The number of amides is 2. The number of aromatic nitrogens is 2. The Morgan fingerprint density at radius 3 is 2.52 bits per heavy atom. The summed E-state index contributed by atoms with van der Waals surface area (Å²) in [6.45, 7) is 1.74. The van der Waals surface area contributed by atoms with Crippen LogP contribution in [-0.2, 0) is 0 Å². The number of aryl methyl sites for hydroxylation is 1. The molecule has 1 aromatic heterocycles. The van der Waals surface area contributed by atoms with Crippen molar-refractivity contribution >= 4 is 40.7 Å². The molecule has 3 N–H and O–H groups in total. The highest BCUT2D eigenvalue weighted by Crippen LogP contribution is 2.20. The van der Waals surface area contributed by atoms with Gasteiger partial charge < -0.3 is 11.1 Å². The van der Waals surface area contributed by atoms with Crippen LogP contribution in [0.25, 0.3) is 0 Å². The van der Waals surface area contributed by atoms with Gasteiger partial charge in [-0.05, 0) is 36.8 Å². The lowest BCUT2D eigenvalue weighted by Crippen LogP contribution is -2.15. The van der Waals surface area contributed by atoms with E-state index in [2.05, 4.69) is 15.5 Å². The van der Waals surface area contributed by atoms with Crippen molar-refractivity contribution in [2.75, 3.05) is 5.32 Å². The normalized spacial score (nSPS) is 10.2. The highest BCUT2D eigenvalue weighted by atomic mass is 35.5. The number of carbonyl (C=O) groups is 2. The molecular formula is C13H10Cl2N4O2. The number of halogens is 2. The van der Waals surface area contributed by atoms with Crippen LogP contribution < -0.4 is 11.1 Å². The van der Waals surface area contributed by atoms with Crippen molar-refractivity contribution in [2.24, 2.45) is 5.73 Å². The summed E-state index contributed by atoms with van der Waals surface area (Å²) in [5, 5.41) is 9.76. The van der Waals surface area contributed by atoms with Crippen LogP contribution in [0.3, 0.4) is 0 Å². The van der Waals surface area contributed by atoms with Crippen LogP contribution in [0.15, 0.2) is 24.3 Å². The zero-order chi connectivity index (χ0) is 15.6. The number of anilines is 1. The first-order valence-electron chi connectivity index (χ1n) is 5.79. The average Bonchev–Trinajstić information content (AvgIpc) is 2.43. The van der Waals surface area contributed by atoms with Gasteiger partial charge >= 0.3 is 0 Å². The molecule has 108 valence electrons. The minimum absolute atomic E-state index is 0.0525. The number of primary amides is 1. The van der Waals surface area contributed by atoms with Gasteiger partial charge in [0.2, 0.25) is 5.91 Å². The molecule has 0 saturated heterocycles. The minimum atomic E-state index is -0.538. The smallest absolute Gasteiger partial charge is 0.258 e. The number of carbonyl (C=O) groups excluding carboxylic acids is 2. The molecule has 6 nitrogen and oxygen atoms in total. The van der Waals surface area contributed by atoms with Crippen LogP contribution in [0.1, 0.15) is 26.3 Å². The number of hydrogen-bond donors (Lipinski definition) is 2. The van der Waals surface area contributed by atoms with Gasteiger partial charge in [-0.15, -0.1) is 10.2 Å². The van der Waals surface area contributed by atoms with Crippen molar-refractivity contribution < 1.29 is 9.59 Å². The fourth-order valence-corrected chi connectivity index (χ4v) is 1.98. The minimum Gasteiger partial charge on any atom is -0.366 e. The molecule has 0 radical (unpaired) electrons. The highest BCUT2D eigenvalue weighted by molar-refractivity contribution is 6.34. The molecule has 21 heavy (non-hydrogen) atoms. The zero-order valence-electron chi connectivity index (χ0n) is 10.9. The van der Waals surface area contributed by atoms with E-state index in [1.807, 2.05) is 0 Å². The van der Waals surface area contributed by atoms with Gasteiger partial charge in [-0.2, -0.15) is 0 Å². The third kappa shape index (κ3) is 3.48. The Hall–Kier alpha value is -2.18. The lowest BCUT2D eigenvalue weighted by molar-refractivity contribution is 0.0998. The number of nitrogens with zero attached hydrogens (tertiary/aromatic N) is 2. The summed E-state index contributed by atoms with van der Waals surface area (Å²) in [7, 11) is 0. The third-order valence-electron chi connectivity index (χ3n) is 2.72. The number of hydrogen-bond acceptors (Lipinski definition) is 4. The van der Waals surface area contributed by atoms with Crippen LogP contribution in [0, 0.1) is 6.92 Å². The molecule has 8 heteroatoms. The first-order valence-corrected chi connectivity index (χ1v) is 6.54. The van der Waals surface area contributed by atoms with Gasteiger partial charge in [0.05, 0.1) is 5.56 Å². The molecule has 0 saturated carbocycles. The van der Waals surface area contributed by atoms with E-state index in [0.29, 0.717) is 16.8 Å². The van der Waals surface area contributed by atoms with Crippen molar-refractivity contribution in [1.29, 1.82) is 0 Å². The van der Waals surface area contributed by atoms with E-state index in [4.69, 9.17) is 28.9 Å². The maximum atomic E-state index is 12.1. The monoisotopic (exact) mass is 324 g/mol. The second-order valence-electron chi connectivity index (χ2n) is 4.22. The molecule has 0 aliphatic carbocycles. The number of nitrogens with two attached hydrogens (primary N) is 1. The number of rotatable bonds is 3. The highest BCUT2D eigenvalue weighted by Gasteiger charge is 2.14. The van der Waals surface area contributed by atoms with E-state index in [9.17, 15) is 9.59 Å². The van der Waals surface area contributed by atoms with Crippen molar-refractivity contribution in [1.82, 2.24) is 10.2 Å². The van der Waals surface area contributed by atoms with E-state index in [1.165, 1.54) is 12.1 Å². The molecule has 0 fully saturated rings. The summed E-state index contributed by atoms with van der Waals surface area (Å²) in [6, 6.07) is 6.00. The summed E-state index contributed by atoms with van der Waals surface area (Å²) < 4.78 is 0. The molecule has 0 aliphatic rings. The number of nitrogens with one attached hydrogen (secondary N) is 1. The largest absolute Gasteiger partial charge is 0.366 e. The van der Waals surface area contributed by atoms with Gasteiger partial charge in [-0.1, -0.05) is 23.2 Å². The maximum absolute atomic E-state index is 12.1. The Morgan fingerprint density at radius 2 is 1.90 bits per heavy atom. The Balaban J connectivity index is 2.27. The maximum Gasteiger partial charge on any atom is 0.258 e. The van der Waals surface area contributed by atoms with Crippen molar-refractivity contribution in [3.63, 3.8) is 0 Å². The van der Waals surface area contributed by atoms with Crippen LogP contribution in [0.2, 0.25) is 10.3 Å². The topological polar surface area (TPSA) is 98.0 Å². The lowest BCUT2D eigenvalue weighted by Gasteiger charge is -2.10. The van der Waals surface area contributed by atoms with Crippen molar-refractivity contribution in [2.45, 2.75) is 6.92 Å². The fourth-order valence-electron chi connectivity index (χ4n) is 1.66. The van der Waals surface area contributed by atoms with Crippen LogP contribution in [0.5, 0.6) is 0 Å². The van der Waals surface area contributed by atoms with Crippen LogP contribution >= 0.6 is 23.2 Å². The van der Waals surface area contributed by atoms with E-state index >= 15 is 0 Å². The Morgan fingerprint density at radius 1 is 1.19 bits per heavy atom. The second-order valence-corrected chi connectivity index (χ2v) is 4.96.